The lowest BCUT2D eigenvalue weighted by molar-refractivity contribution is -0.147. The number of aliphatic hydroxyl groups excluding tert-OH is 4. The van der Waals surface area contributed by atoms with E-state index in [9.17, 15) is 4.39 Å². The number of aliphatic hydroxyl groups is 4. The van der Waals surface area contributed by atoms with Crippen LogP contribution in [0.4, 0.5) is 4.39 Å². The lowest BCUT2D eigenvalue weighted by atomic mass is 10.1. The minimum atomic E-state index is -1.56. The number of halogens is 1. The zero-order valence-electron chi connectivity index (χ0n) is 6.17. The second-order valence-corrected chi connectivity index (χ2v) is 2.69. The van der Waals surface area contributed by atoms with Crippen molar-refractivity contribution >= 4 is 0 Å². The summed E-state index contributed by atoms with van der Waals surface area (Å²) in [5.41, 5.74) is 0. The predicted octanol–water partition coefficient (Wildman–Crippen LogP) is -2.24. The van der Waals surface area contributed by atoms with Gasteiger partial charge in [-0.15, -0.1) is 0 Å². The quantitative estimate of drug-likeness (QED) is 0.387. The van der Waals surface area contributed by atoms with E-state index in [0.717, 1.165) is 0 Å². The molecule has 6 heteroatoms. The first-order valence-corrected chi connectivity index (χ1v) is 3.51. The van der Waals surface area contributed by atoms with E-state index >= 15 is 0 Å². The molecule has 0 radical (unpaired) electrons. The van der Waals surface area contributed by atoms with E-state index in [2.05, 4.69) is 4.74 Å². The highest BCUT2D eigenvalue weighted by molar-refractivity contribution is 4.89. The van der Waals surface area contributed by atoms with Crippen molar-refractivity contribution in [1.29, 1.82) is 0 Å². The maximum atomic E-state index is 11.9. The summed E-state index contributed by atoms with van der Waals surface area (Å²) in [6.45, 7) is -1.10. The average molecular weight is 182 g/mol. The van der Waals surface area contributed by atoms with Crippen molar-refractivity contribution in [3.05, 3.63) is 0 Å². The molecular formula is C6H11FO5. The SMILES string of the molecule is O[C@@H]1[C@@H](O)[C@@H](O)O[C@@H]1[C@H](O)CF. The third kappa shape index (κ3) is 1.57. The van der Waals surface area contributed by atoms with Crippen molar-refractivity contribution in [2.45, 2.75) is 30.7 Å². The van der Waals surface area contributed by atoms with E-state index in [1.807, 2.05) is 0 Å². The van der Waals surface area contributed by atoms with Crippen LogP contribution in [0.3, 0.4) is 0 Å². The Morgan fingerprint density at radius 2 is 1.83 bits per heavy atom. The van der Waals surface area contributed by atoms with Gasteiger partial charge in [0, 0.05) is 0 Å². The van der Waals surface area contributed by atoms with Crippen LogP contribution in [0.25, 0.3) is 0 Å². The minimum absolute atomic E-state index is 1.10. The fourth-order valence-corrected chi connectivity index (χ4v) is 1.09. The molecule has 12 heavy (non-hydrogen) atoms. The molecule has 0 aromatic rings. The summed E-state index contributed by atoms with van der Waals surface area (Å²) in [5, 5.41) is 35.7. The lowest BCUT2D eigenvalue weighted by Gasteiger charge is -2.17. The van der Waals surface area contributed by atoms with E-state index in [1.54, 1.807) is 0 Å². The first-order valence-electron chi connectivity index (χ1n) is 3.51. The zero-order chi connectivity index (χ0) is 9.30. The minimum Gasteiger partial charge on any atom is -0.388 e. The molecule has 0 unspecified atom stereocenters. The van der Waals surface area contributed by atoms with Gasteiger partial charge in [0.05, 0.1) is 0 Å². The normalized spacial score (nSPS) is 44.8. The fourth-order valence-electron chi connectivity index (χ4n) is 1.09. The van der Waals surface area contributed by atoms with Crippen molar-refractivity contribution in [2.24, 2.45) is 0 Å². The van der Waals surface area contributed by atoms with E-state index in [-0.39, 0.29) is 0 Å². The van der Waals surface area contributed by atoms with Crippen LogP contribution in [0.5, 0.6) is 0 Å². The molecule has 1 fully saturated rings. The topological polar surface area (TPSA) is 90.2 Å². The molecule has 1 aliphatic rings. The molecule has 0 spiro atoms. The standard InChI is InChI=1S/C6H11FO5/c7-1-2(8)5-3(9)4(10)6(11)12-5/h2-6,8-11H,1H2/t2-,3-,4-,5-,6+/m1/s1. The molecule has 1 rings (SSSR count). The number of hydrogen-bond donors (Lipinski definition) is 4. The summed E-state index contributed by atoms with van der Waals surface area (Å²) in [6, 6.07) is 0. The van der Waals surface area contributed by atoms with E-state index in [0.29, 0.717) is 0 Å². The molecule has 0 saturated carbocycles. The molecular weight excluding hydrogens is 171 g/mol. The largest absolute Gasteiger partial charge is 0.388 e. The number of hydrogen-bond acceptors (Lipinski definition) is 5. The Morgan fingerprint density at radius 3 is 2.17 bits per heavy atom. The highest BCUT2D eigenvalue weighted by Gasteiger charge is 2.45. The second kappa shape index (κ2) is 3.63. The number of ether oxygens (including phenoxy) is 1. The molecule has 5 atom stereocenters. The summed E-state index contributed by atoms with van der Waals surface area (Å²) >= 11 is 0. The van der Waals surface area contributed by atoms with Gasteiger partial charge in [-0.2, -0.15) is 0 Å². The Kier molecular flexibility index (Phi) is 2.97. The maximum absolute atomic E-state index is 11.9. The summed E-state index contributed by atoms with van der Waals surface area (Å²) < 4.78 is 16.4. The molecule has 5 nitrogen and oxygen atoms in total. The summed E-state index contributed by atoms with van der Waals surface area (Å²) in [7, 11) is 0. The molecule has 1 saturated heterocycles. The van der Waals surface area contributed by atoms with Gasteiger partial charge in [-0.05, 0) is 0 Å². The predicted molar refractivity (Wildman–Crippen MR) is 34.9 cm³/mol. The van der Waals surface area contributed by atoms with Crippen LogP contribution in [0.1, 0.15) is 0 Å². The van der Waals surface area contributed by atoms with Crippen molar-refractivity contribution in [1.82, 2.24) is 0 Å². The van der Waals surface area contributed by atoms with Crippen molar-refractivity contribution in [3.63, 3.8) is 0 Å². The Bertz CT molecular complexity index is 155. The lowest BCUT2D eigenvalue weighted by Crippen LogP contribution is -2.39. The van der Waals surface area contributed by atoms with Gasteiger partial charge in [-0.25, -0.2) is 4.39 Å². The summed E-state index contributed by atoms with van der Waals surface area (Å²) in [5.74, 6) is 0. The van der Waals surface area contributed by atoms with Gasteiger partial charge in [-0.1, -0.05) is 0 Å². The van der Waals surface area contributed by atoms with Crippen LogP contribution in [0, 0.1) is 0 Å². The monoisotopic (exact) mass is 182 g/mol. The van der Waals surface area contributed by atoms with Crippen molar-refractivity contribution in [2.75, 3.05) is 6.67 Å². The Morgan fingerprint density at radius 1 is 1.25 bits per heavy atom. The molecule has 4 N–H and O–H groups in total. The van der Waals surface area contributed by atoms with Crippen LogP contribution in [-0.4, -0.2) is 57.8 Å². The number of rotatable bonds is 2. The second-order valence-electron chi connectivity index (χ2n) is 2.69. The van der Waals surface area contributed by atoms with Gasteiger partial charge in [0.2, 0.25) is 0 Å². The highest BCUT2D eigenvalue weighted by atomic mass is 19.1. The third-order valence-corrected chi connectivity index (χ3v) is 1.81. The molecule has 1 heterocycles. The maximum Gasteiger partial charge on any atom is 0.184 e. The molecule has 0 bridgehead atoms. The summed E-state index contributed by atoms with van der Waals surface area (Å²) in [6.07, 6.45) is -7.29. The van der Waals surface area contributed by atoms with Crippen LogP contribution >= 0.6 is 0 Å². The van der Waals surface area contributed by atoms with Gasteiger partial charge in [0.1, 0.15) is 31.1 Å². The Balaban J connectivity index is 2.58. The Hall–Kier alpha value is -0.270. The van der Waals surface area contributed by atoms with Gasteiger partial charge in [0.25, 0.3) is 0 Å². The first kappa shape index (κ1) is 9.82. The van der Waals surface area contributed by atoms with Crippen LogP contribution in [-0.2, 0) is 4.74 Å². The molecule has 0 aromatic carbocycles. The van der Waals surface area contributed by atoms with Crippen LogP contribution < -0.4 is 0 Å². The zero-order valence-corrected chi connectivity index (χ0v) is 6.17. The smallest absolute Gasteiger partial charge is 0.184 e. The van der Waals surface area contributed by atoms with E-state index < -0.39 is 37.4 Å². The number of alkyl halides is 1. The summed E-state index contributed by atoms with van der Waals surface area (Å²) in [4.78, 5) is 0. The highest BCUT2D eigenvalue weighted by Crippen LogP contribution is 2.22. The molecule has 0 aliphatic carbocycles. The van der Waals surface area contributed by atoms with E-state index in [1.165, 1.54) is 0 Å². The molecule has 0 aromatic heterocycles. The van der Waals surface area contributed by atoms with Gasteiger partial charge in [0.15, 0.2) is 6.29 Å². The van der Waals surface area contributed by atoms with Crippen LogP contribution in [0.2, 0.25) is 0 Å². The van der Waals surface area contributed by atoms with Crippen molar-refractivity contribution in [3.8, 4) is 0 Å². The van der Waals surface area contributed by atoms with Gasteiger partial charge < -0.3 is 25.2 Å². The van der Waals surface area contributed by atoms with Gasteiger partial charge >= 0.3 is 0 Å². The molecule has 72 valence electrons. The molecule has 0 amide bonds. The average Bonchev–Trinajstić information content (AvgIpc) is 2.32. The van der Waals surface area contributed by atoms with Gasteiger partial charge in [-0.3, -0.25) is 0 Å². The first-order chi connectivity index (χ1) is 5.57. The molecule has 1 aliphatic heterocycles. The van der Waals surface area contributed by atoms with Crippen LogP contribution in [0.15, 0.2) is 0 Å². The van der Waals surface area contributed by atoms with E-state index in [4.69, 9.17) is 20.4 Å². The van der Waals surface area contributed by atoms with Crippen molar-refractivity contribution < 1.29 is 29.6 Å². The third-order valence-electron chi connectivity index (χ3n) is 1.81. The fraction of sp³-hybridized carbons (Fsp3) is 1.00. The Labute approximate surface area is 68.0 Å².